The van der Waals surface area contributed by atoms with Crippen molar-refractivity contribution in [3.8, 4) is 11.1 Å². The van der Waals surface area contributed by atoms with E-state index in [-0.39, 0.29) is 36.0 Å². The van der Waals surface area contributed by atoms with Gasteiger partial charge in [-0.2, -0.15) is 0 Å². The lowest BCUT2D eigenvalue weighted by molar-refractivity contribution is -0.138. The van der Waals surface area contributed by atoms with Crippen molar-refractivity contribution >= 4 is 36.3 Å². The van der Waals surface area contributed by atoms with E-state index in [1.165, 1.54) is 0 Å². The number of carbonyl (C=O) groups excluding carboxylic acids is 5. The van der Waals surface area contributed by atoms with Crippen LogP contribution in [0.3, 0.4) is 0 Å². The normalized spacial score (nSPS) is 16.8. The summed E-state index contributed by atoms with van der Waals surface area (Å²) in [7, 11) is 0. The summed E-state index contributed by atoms with van der Waals surface area (Å²) in [5.41, 5.74) is 3.36. The van der Waals surface area contributed by atoms with Crippen molar-refractivity contribution in [2.45, 2.75) is 58.2 Å². The highest BCUT2D eigenvalue weighted by molar-refractivity contribution is 6.22. The number of hydrogen-bond acceptors (Lipinski definition) is 6. The van der Waals surface area contributed by atoms with E-state index < -0.39 is 18.1 Å². The Morgan fingerprint density at radius 3 is 2.28 bits per heavy atom. The molecule has 206 valence electrons. The first kappa shape index (κ1) is 29.2. The van der Waals surface area contributed by atoms with E-state index in [2.05, 4.69) is 5.32 Å². The molecule has 2 aromatic rings. The van der Waals surface area contributed by atoms with Crippen LogP contribution in [-0.4, -0.2) is 70.9 Å². The van der Waals surface area contributed by atoms with Crippen molar-refractivity contribution in [1.82, 2.24) is 15.5 Å². The number of nitrogens with zero attached hydrogens (tertiary/aromatic N) is 1. The van der Waals surface area contributed by atoms with Gasteiger partial charge in [0.15, 0.2) is 5.78 Å². The number of carbonyl (C=O) groups is 6. The van der Waals surface area contributed by atoms with E-state index in [0.29, 0.717) is 29.4 Å². The second-order valence-electron chi connectivity index (χ2n) is 9.98. The topological polar surface area (TPSA) is 150 Å². The van der Waals surface area contributed by atoms with Gasteiger partial charge in [0.05, 0.1) is 12.5 Å². The van der Waals surface area contributed by atoms with Crippen LogP contribution >= 0.6 is 0 Å². The maximum atomic E-state index is 13.0. The summed E-state index contributed by atoms with van der Waals surface area (Å²) >= 11 is 0. The van der Waals surface area contributed by atoms with Gasteiger partial charge >= 0.3 is 5.97 Å². The molecule has 1 aliphatic heterocycles. The molecule has 1 saturated heterocycles. The molecule has 2 aliphatic rings. The molecule has 10 heteroatoms. The number of nitrogens with one attached hydrogen (secondary N) is 2. The largest absolute Gasteiger partial charge is 0.481 e. The van der Waals surface area contributed by atoms with Gasteiger partial charge in [-0.3, -0.25) is 24.0 Å². The van der Waals surface area contributed by atoms with Crippen LogP contribution in [0, 0.1) is 5.92 Å². The van der Waals surface area contributed by atoms with E-state index in [1.54, 1.807) is 12.1 Å². The predicted molar refractivity (Wildman–Crippen MR) is 143 cm³/mol. The highest BCUT2D eigenvalue weighted by Gasteiger charge is 2.34. The smallest absolute Gasteiger partial charge is 0.305 e. The number of amides is 3. The van der Waals surface area contributed by atoms with Crippen molar-refractivity contribution in [1.29, 1.82) is 0 Å². The standard InChI is InChI=1S/C24H26N2O3.C5H7NO4/c1-14(2)21(24(29)26-12-6-7-15(26)3)25-23(28)16-10-11-18-17-8-4-5-9-19(17)22(27)20(18)13-16;7-2-4(6-3-8)1-5(9)10/h4-5,8-11,13-15,21H,6-7,12H2,1-3H3,(H,25,28);2-4H,1H2,(H,6,8)(H,9,10)/t;4-/m.0/s1. The first-order valence-electron chi connectivity index (χ1n) is 12.8. The molecule has 2 aromatic carbocycles. The van der Waals surface area contributed by atoms with Crippen LogP contribution in [0.15, 0.2) is 42.5 Å². The van der Waals surface area contributed by atoms with Crippen molar-refractivity contribution in [3.63, 3.8) is 0 Å². The van der Waals surface area contributed by atoms with Gasteiger partial charge in [-0.25, -0.2) is 0 Å². The monoisotopic (exact) mass is 535 g/mol. The fraction of sp³-hybridized carbons (Fsp3) is 0.379. The van der Waals surface area contributed by atoms with Gasteiger partial charge in [-0.15, -0.1) is 0 Å². The van der Waals surface area contributed by atoms with Gasteiger partial charge in [0.1, 0.15) is 12.3 Å². The molecule has 1 aliphatic carbocycles. The van der Waals surface area contributed by atoms with E-state index >= 15 is 0 Å². The molecular weight excluding hydrogens is 502 g/mol. The number of hydrogen-bond donors (Lipinski definition) is 3. The quantitative estimate of drug-likeness (QED) is 0.356. The average molecular weight is 536 g/mol. The Hall–Kier alpha value is -4.34. The third-order valence-corrected chi connectivity index (χ3v) is 6.88. The molecule has 1 fully saturated rings. The zero-order valence-corrected chi connectivity index (χ0v) is 22.2. The predicted octanol–water partition coefficient (Wildman–Crippen LogP) is 2.44. The van der Waals surface area contributed by atoms with E-state index in [9.17, 15) is 28.8 Å². The van der Waals surface area contributed by atoms with Crippen molar-refractivity contribution in [2.24, 2.45) is 5.92 Å². The Balaban J connectivity index is 0.000000360. The number of fused-ring (bicyclic) bond motifs is 3. The van der Waals surface area contributed by atoms with Crippen LogP contribution in [0.4, 0.5) is 0 Å². The zero-order chi connectivity index (χ0) is 28.7. The highest BCUT2D eigenvalue weighted by Crippen LogP contribution is 2.36. The molecule has 3 amide bonds. The minimum atomic E-state index is -1.12. The molecule has 0 saturated carbocycles. The summed E-state index contributed by atoms with van der Waals surface area (Å²) in [6.07, 6.45) is 2.30. The number of aliphatic carboxylic acids is 1. The minimum absolute atomic E-state index is 0.0250. The fourth-order valence-electron chi connectivity index (χ4n) is 4.77. The maximum absolute atomic E-state index is 13.0. The second-order valence-corrected chi connectivity index (χ2v) is 9.98. The van der Waals surface area contributed by atoms with Crippen molar-refractivity contribution in [3.05, 3.63) is 59.2 Å². The summed E-state index contributed by atoms with van der Waals surface area (Å²) in [6, 6.07) is 11.4. The van der Waals surface area contributed by atoms with Gasteiger partial charge in [0, 0.05) is 29.3 Å². The van der Waals surface area contributed by atoms with E-state index in [4.69, 9.17) is 5.11 Å². The van der Waals surface area contributed by atoms with Crippen LogP contribution in [0.2, 0.25) is 0 Å². The lowest BCUT2D eigenvalue weighted by atomic mass is 10.00. The summed E-state index contributed by atoms with van der Waals surface area (Å²) in [5, 5.41) is 13.1. The third-order valence-electron chi connectivity index (χ3n) is 6.88. The molecule has 0 radical (unpaired) electrons. The molecule has 10 nitrogen and oxygen atoms in total. The van der Waals surface area contributed by atoms with Gasteiger partial charge in [-0.1, -0.05) is 44.2 Å². The Morgan fingerprint density at radius 1 is 1.05 bits per heavy atom. The van der Waals surface area contributed by atoms with Gasteiger partial charge in [0.2, 0.25) is 12.3 Å². The highest BCUT2D eigenvalue weighted by atomic mass is 16.4. The maximum Gasteiger partial charge on any atom is 0.305 e. The number of carboxylic acid groups (broad SMARTS) is 1. The van der Waals surface area contributed by atoms with Crippen LogP contribution in [0.25, 0.3) is 11.1 Å². The van der Waals surface area contributed by atoms with Gasteiger partial charge in [-0.05, 0) is 48.9 Å². The minimum Gasteiger partial charge on any atom is -0.481 e. The van der Waals surface area contributed by atoms with Crippen LogP contribution in [0.1, 0.15) is 66.3 Å². The Bertz CT molecular complexity index is 1270. The Morgan fingerprint density at radius 2 is 1.72 bits per heavy atom. The molecule has 39 heavy (non-hydrogen) atoms. The zero-order valence-electron chi connectivity index (χ0n) is 22.2. The first-order chi connectivity index (χ1) is 18.6. The molecule has 3 atom stereocenters. The molecule has 3 N–H and O–H groups in total. The number of benzene rings is 2. The lowest BCUT2D eigenvalue weighted by Gasteiger charge is -2.29. The summed E-state index contributed by atoms with van der Waals surface area (Å²) in [4.78, 5) is 70.1. The van der Waals surface area contributed by atoms with Crippen LogP contribution in [0.5, 0.6) is 0 Å². The van der Waals surface area contributed by atoms with Gasteiger partial charge < -0.3 is 25.4 Å². The van der Waals surface area contributed by atoms with E-state index in [1.807, 2.05) is 61.3 Å². The van der Waals surface area contributed by atoms with E-state index in [0.717, 1.165) is 30.5 Å². The van der Waals surface area contributed by atoms with Crippen molar-refractivity contribution < 1.29 is 33.9 Å². The summed E-state index contributed by atoms with van der Waals surface area (Å²) in [6.45, 7) is 6.66. The number of aldehydes is 1. The fourth-order valence-corrected chi connectivity index (χ4v) is 4.77. The van der Waals surface area contributed by atoms with Crippen LogP contribution < -0.4 is 10.6 Å². The number of rotatable bonds is 9. The second kappa shape index (κ2) is 12.9. The molecule has 2 unspecified atom stereocenters. The summed E-state index contributed by atoms with van der Waals surface area (Å²) in [5.74, 6) is -1.56. The molecular formula is C29H33N3O7. The average Bonchev–Trinajstić information content (AvgIpc) is 3.47. The van der Waals surface area contributed by atoms with Crippen molar-refractivity contribution in [2.75, 3.05) is 6.54 Å². The third kappa shape index (κ3) is 6.76. The lowest BCUT2D eigenvalue weighted by Crippen LogP contribution is -2.52. The number of likely N-dealkylation sites (tertiary alicyclic amines) is 1. The molecule has 1 heterocycles. The number of ketones is 1. The molecule has 0 aromatic heterocycles. The summed E-state index contributed by atoms with van der Waals surface area (Å²) < 4.78 is 0. The van der Waals surface area contributed by atoms with Crippen LogP contribution in [-0.2, 0) is 19.2 Å². The van der Waals surface area contributed by atoms with Gasteiger partial charge in [0.25, 0.3) is 5.91 Å². The SMILES string of the molecule is CC(C)C(NC(=O)c1ccc2c(c1)C(=O)c1ccccc1-2)C(=O)N1CCCC1C.O=CN[C@H](C=O)CC(=O)O. The molecule has 4 rings (SSSR count). The Kier molecular flexibility index (Phi) is 9.70. The molecule has 0 bridgehead atoms. The Labute approximate surface area is 226 Å². The first-order valence-corrected chi connectivity index (χ1v) is 12.8. The molecule has 0 spiro atoms. The number of carboxylic acids is 1.